The highest BCUT2D eigenvalue weighted by Gasteiger charge is 2.08. The molecule has 1 rings (SSSR count). The summed E-state index contributed by atoms with van der Waals surface area (Å²) in [5.41, 5.74) is 1.83. The lowest BCUT2D eigenvalue weighted by Gasteiger charge is -2.07. The molecule has 1 aromatic carbocycles. The van der Waals surface area contributed by atoms with Crippen molar-refractivity contribution in [3.8, 4) is 0 Å². The van der Waals surface area contributed by atoms with Crippen LogP contribution in [0.1, 0.15) is 22.3 Å². The Morgan fingerprint density at radius 2 is 2.06 bits per heavy atom. The Morgan fingerprint density at radius 1 is 1.35 bits per heavy atom. The molecule has 1 aromatic rings. The van der Waals surface area contributed by atoms with E-state index in [4.69, 9.17) is 0 Å². The van der Waals surface area contributed by atoms with Crippen LogP contribution in [0, 0.1) is 6.92 Å². The highest BCUT2D eigenvalue weighted by Crippen LogP contribution is 2.17. The van der Waals surface area contributed by atoms with E-state index < -0.39 is 0 Å². The minimum Gasteiger partial charge on any atom is -0.352 e. The summed E-state index contributed by atoms with van der Waals surface area (Å²) in [4.78, 5) is 11.8. The number of carbonyl (C=O) groups excluding carboxylic acids is 1. The number of carbonyl (C=O) groups is 1. The molecular weight excluding hydrogens is 304 g/mol. The van der Waals surface area contributed by atoms with Gasteiger partial charge in [0.2, 0.25) is 0 Å². The van der Waals surface area contributed by atoms with Crippen molar-refractivity contribution in [3.05, 3.63) is 33.8 Å². The van der Waals surface area contributed by atoms with Crippen molar-refractivity contribution in [1.29, 1.82) is 0 Å². The van der Waals surface area contributed by atoms with Gasteiger partial charge in [0.15, 0.2) is 0 Å². The normalized spacial score (nSPS) is 9.59. The summed E-state index contributed by atoms with van der Waals surface area (Å²) < 4.78 is 0.846. The number of halogens is 2. The van der Waals surface area contributed by atoms with E-state index in [9.17, 15) is 4.79 Å². The van der Waals surface area contributed by atoms with Crippen LogP contribution in [0.5, 0.6) is 0 Å². The molecule has 0 aliphatic rings. The molecule has 0 saturated carbocycles. The van der Waals surface area contributed by atoms with Gasteiger partial charge in [-0.1, -0.05) is 6.07 Å². The molecule has 0 unspecified atom stereocenters. The summed E-state index contributed by atoms with van der Waals surface area (Å²) in [5, 5.41) is 5.92. The summed E-state index contributed by atoms with van der Waals surface area (Å²) in [7, 11) is 1.90. The molecule has 0 radical (unpaired) electrons. The Morgan fingerprint density at radius 3 is 2.65 bits per heavy atom. The Hall–Kier alpha value is -0.580. The van der Waals surface area contributed by atoms with Gasteiger partial charge in [-0.05, 0) is 60.6 Å². The Bertz CT molecular complexity index is 372. The van der Waals surface area contributed by atoms with Gasteiger partial charge in [0.1, 0.15) is 0 Å². The number of hydrogen-bond acceptors (Lipinski definition) is 2. The van der Waals surface area contributed by atoms with Crippen LogP contribution in [-0.2, 0) is 0 Å². The number of hydrogen-bond donors (Lipinski definition) is 2. The number of aryl methyl sites for hydroxylation is 1. The molecule has 0 saturated heterocycles. The van der Waals surface area contributed by atoms with E-state index in [-0.39, 0.29) is 18.3 Å². The van der Waals surface area contributed by atoms with Crippen LogP contribution in [0.25, 0.3) is 0 Å². The van der Waals surface area contributed by atoms with Gasteiger partial charge in [0.25, 0.3) is 5.91 Å². The lowest BCUT2D eigenvalue weighted by Crippen LogP contribution is -2.26. The highest BCUT2D eigenvalue weighted by molar-refractivity contribution is 9.10. The molecule has 3 nitrogen and oxygen atoms in total. The molecule has 17 heavy (non-hydrogen) atoms. The lowest BCUT2D eigenvalue weighted by molar-refractivity contribution is 0.0952. The molecular formula is C12H18BrClN2O. The van der Waals surface area contributed by atoms with Crippen LogP contribution in [0.4, 0.5) is 0 Å². The third kappa shape index (κ3) is 5.52. The fourth-order valence-corrected chi connectivity index (χ4v) is 2.04. The van der Waals surface area contributed by atoms with Crippen LogP contribution in [0.3, 0.4) is 0 Å². The first kappa shape index (κ1) is 16.4. The number of benzene rings is 1. The molecule has 96 valence electrons. The third-order valence-electron chi connectivity index (χ3n) is 2.26. The molecule has 0 spiro atoms. The van der Waals surface area contributed by atoms with E-state index in [0.717, 1.165) is 23.0 Å². The number of rotatable bonds is 5. The second-order valence-electron chi connectivity index (χ2n) is 3.70. The zero-order valence-corrected chi connectivity index (χ0v) is 12.5. The predicted molar refractivity (Wildman–Crippen MR) is 77.0 cm³/mol. The molecule has 0 bridgehead atoms. The Kier molecular flexibility index (Phi) is 8.21. The Labute approximate surface area is 117 Å². The lowest BCUT2D eigenvalue weighted by atomic mass is 10.1. The van der Waals surface area contributed by atoms with Crippen LogP contribution in [0.2, 0.25) is 0 Å². The topological polar surface area (TPSA) is 41.1 Å². The van der Waals surface area contributed by atoms with Crippen molar-refractivity contribution >= 4 is 34.2 Å². The van der Waals surface area contributed by atoms with Crippen molar-refractivity contribution in [2.24, 2.45) is 0 Å². The van der Waals surface area contributed by atoms with Crippen molar-refractivity contribution < 1.29 is 4.79 Å². The second kappa shape index (κ2) is 8.50. The molecule has 0 fully saturated rings. The standard InChI is InChI=1S/C12H17BrN2O.ClH/c1-9-4-5-10(11(13)8-9)12(16)15-7-3-6-14-2;/h4-5,8,14H,3,6-7H2,1-2H3,(H,15,16);1H. The monoisotopic (exact) mass is 320 g/mol. The zero-order valence-electron chi connectivity index (χ0n) is 10.0. The highest BCUT2D eigenvalue weighted by atomic mass is 79.9. The van der Waals surface area contributed by atoms with E-state index in [2.05, 4.69) is 26.6 Å². The smallest absolute Gasteiger partial charge is 0.252 e. The molecule has 5 heteroatoms. The first-order chi connectivity index (χ1) is 7.65. The first-order valence-corrected chi connectivity index (χ1v) is 6.13. The average Bonchev–Trinajstić information content (AvgIpc) is 2.24. The summed E-state index contributed by atoms with van der Waals surface area (Å²) in [6.45, 7) is 3.61. The summed E-state index contributed by atoms with van der Waals surface area (Å²) in [5.74, 6) is -0.0250. The number of nitrogens with one attached hydrogen (secondary N) is 2. The Balaban J connectivity index is 0.00000256. The zero-order chi connectivity index (χ0) is 12.0. The maximum absolute atomic E-state index is 11.8. The molecule has 1 amide bonds. The van der Waals surface area contributed by atoms with Crippen molar-refractivity contribution in [2.75, 3.05) is 20.1 Å². The summed E-state index contributed by atoms with van der Waals surface area (Å²) in [6.07, 6.45) is 0.936. The average molecular weight is 322 g/mol. The van der Waals surface area contributed by atoms with Crippen LogP contribution >= 0.6 is 28.3 Å². The van der Waals surface area contributed by atoms with Crippen molar-refractivity contribution in [3.63, 3.8) is 0 Å². The van der Waals surface area contributed by atoms with Gasteiger partial charge in [-0.25, -0.2) is 0 Å². The minimum absolute atomic E-state index is 0. The van der Waals surface area contributed by atoms with Crippen LogP contribution in [-0.4, -0.2) is 26.0 Å². The first-order valence-electron chi connectivity index (χ1n) is 5.34. The van der Waals surface area contributed by atoms with E-state index in [1.54, 1.807) is 0 Å². The van der Waals surface area contributed by atoms with Gasteiger partial charge in [-0.2, -0.15) is 0 Å². The third-order valence-corrected chi connectivity index (χ3v) is 2.91. The predicted octanol–water partition coefficient (Wildman–Crippen LogP) is 2.52. The maximum atomic E-state index is 11.8. The number of amides is 1. The summed E-state index contributed by atoms with van der Waals surface area (Å²) >= 11 is 3.40. The van der Waals surface area contributed by atoms with E-state index in [1.807, 2.05) is 32.2 Å². The maximum Gasteiger partial charge on any atom is 0.252 e. The van der Waals surface area contributed by atoms with E-state index in [0.29, 0.717) is 12.1 Å². The molecule has 0 aromatic heterocycles. The van der Waals surface area contributed by atoms with E-state index in [1.165, 1.54) is 0 Å². The summed E-state index contributed by atoms with van der Waals surface area (Å²) in [6, 6.07) is 5.72. The van der Waals surface area contributed by atoms with Crippen molar-refractivity contribution in [1.82, 2.24) is 10.6 Å². The molecule has 2 N–H and O–H groups in total. The molecule has 0 heterocycles. The van der Waals surface area contributed by atoms with Gasteiger partial charge < -0.3 is 10.6 Å². The van der Waals surface area contributed by atoms with Crippen LogP contribution < -0.4 is 10.6 Å². The second-order valence-corrected chi connectivity index (χ2v) is 4.55. The molecule has 0 atom stereocenters. The fourth-order valence-electron chi connectivity index (χ4n) is 1.37. The molecule has 0 aliphatic carbocycles. The van der Waals surface area contributed by atoms with Gasteiger partial charge in [0, 0.05) is 11.0 Å². The van der Waals surface area contributed by atoms with Crippen molar-refractivity contribution in [2.45, 2.75) is 13.3 Å². The quantitative estimate of drug-likeness (QED) is 0.818. The largest absolute Gasteiger partial charge is 0.352 e. The minimum atomic E-state index is -0.0250. The van der Waals surface area contributed by atoms with Gasteiger partial charge in [-0.15, -0.1) is 12.4 Å². The van der Waals surface area contributed by atoms with Gasteiger partial charge >= 0.3 is 0 Å². The fraction of sp³-hybridized carbons (Fsp3) is 0.417. The molecule has 0 aliphatic heterocycles. The SMILES string of the molecule is CNCCCNC(=O)c1ccc(C)cc1Br.Cl. The van der Waals surface area contributed by atoms with E-state index >= 15 is 0 Å². The van der Waals surface area contributed by atoms with Crippen LogP contribution in [0.15, 0.2) is 22.7 Å². The van der Waals surface area contributed by atoms with Gasteiger partial charge in [0.05, 0.1) is 5.56 Å². The van der Waals surface area contributed by atoms with Gasteiger partial charge in [-0.3, -0.25) is 4.79 Å².